The summed E-state index contributed by atoms with van der Waals surface area (Å²) in [5.41, 5.74) is 0.828. The second-order valence-electron chi connectivity index (χ2n) is 9.04. The lowest BCUT2D eigenvalue weighted by Crippen LogP contribution is -2.52. The summed E-state index contributed by atoms with van der Waals surface area (Å²) in [6, 6.07) is 18.7. The lowest BCUT2D eigenvalue weighted by molar-refractivity contribution is -0.139. The maximum absolute atomic E-state index is 13.9. The minimum Gasteiger partial charge on any atom is -0.352 e. The van der Waals surface area contributed by atoms with Gasteiger partial charge in [0.1, 0.15) is 12.6 Å². The van der Waals surface area contributed by atoms with Gasteiger partial charge in [0.25, 0.3) is 10.0 Å². The summed E-state index contributed by atoms with van der Waals surface area (Å²) in [6.45, 7) is 4.93. The van der Waals surface area contributed by atoms with Gasteiger partial charge in [-0.2, -0.15) is 0 Å². The van der Waals surface area contributed by atoms with Crippen LogP contribution in [0.1, 0.15) is 32.8 Å². The number of sulfonamides is 1. The van der Waals surface area contributed by atoms with Crippen LogP contribution in [0.25, 0.3) is 0 Å². The molecule has 0 spiro atoms. The first-order chi connectivity index (χ1) is 18.4. The Morgan fingerprint density at radius 3 is 2.21 bits per heavy atom. The number of nitrogens with one attached hydrogen (secondary N) is 1. The van der Waals surface area contributed by atoms with E-state index in [-0.39, 0.29) is 39.1 Å². The molecule has 0 aliphatic rings. The van der Waals surface area contributed by atoms with Crippen molar-refractivity contribution >= 4 is 66.7 Å². The highest BCUT2D eigenvalue weighted by atomic mass is 79.9. The van der Waals surface area contributed by atoms with E-state index < -0.39 is 28.5 Å². The molecule has 0 saturated heterocycles. The van der Waals surface area contributed by atoms with Crippen LogP contribution in [0, 0.1) is 0 Å². The first-order valence-electron chi connectivity index (χ1n) is 12.3. The lowest BCUT2D eigenvalue weighted by Gasteiger charge is -2.32. The van der Waals surface area contributed by atoms with Crippen LogP contribution in [-0.4, -0.2) is 43.8 Å². The van der Waals surface area contributed by atoms with Gasteiger partial charge in [0.15, 0.2) is 0 Å². The van der Waals surface area contributed by atoms with Crippen LogP contribution in [-0.2, 0) is 26.2 Å². The Labute approximate surface area is 248 Å². The van der Waals surface area contributed by atoms with Crippen molar-refractivity contribution in [1.29, 1.82) is 0 Å². The van der Waals surface area contributed by atoms with E-state index >= 15 is 0 Å². The van der Waals surface area contributed by atoms with Gasteiger partial charge in [-0.25, -0.2) is 8.42 Å². The number of carbonyl (C=O) groups is 2. The van der Waals surface area contributed by atoms with Crippen molar-refractivity contribution < 1.29 is 18.0 Å². The molecule has 11 heteroatoms. The highest BCUT2D eigenvalue weighted by Gasteiger charge is 2.33. The average Bonchev–Trinajstić information content (AvgIpc) is 2.92. The Bertz CT molecular complexity index is 1410. The molecule has 0 fully saturated rings. The molecular formula is C28H30BrCl2N3O4S. The van der Waals surface area contributed by atoms with E-state index in [1.54, 1.807) is 31.2 Å². The van der Waals surface area contributed by atoms with Gasteiger partial charge in [0.05, 0.1) is 20.6 Å². The topological polar surface area (TPSA) is 86.8 Å². The molecule has 0 saturated carbocycles. The van der Waals surface area contributed by atoms with Gasteiger partial charge in [-0.15, -0.1) is 0 Å². The molecule has 39 heavy (non-hydrogen) atoms. The van der Waals surface area contributed by atoms with E-state index in [9.17, 15) is 18.0 Å². The summed E-state index contributed by atoms with van der Waals surface area (Å²) in [5, 5.41) is 3.04. The van der Waals surface area contributed by atoms with Gasteiger partial charge < -0.3 is 10.2 Å². The fourth-order valence-corrected chi connectivity index (χ4v) is 5.91. The Morgan fingerprint density at radius 1 is 0.949 bits per heavy atom. The molecule has 2 atom stereocenters. The molecule has 0 aliphatic carbocycles. The normalized spacial score (nSPS) is 12.9. The molecule has 3 rings (SSSR count). The zero-order valence-corrected chi connectivity index (χ0v) is 25.7. The first-order valence-corrected chi connectivity index (χ1v) is 15.3. The number of amides is 2. The highest BCUT2D eigenvalue weighted by Crippen LogP contribution is 2.35. The number of hydrogen-bond acceptors (Lipinski definition) is 4. The van der Waals surface area contributed by atoms with E-state index in [0.717, 1.165) is 20.8 Å². The molecule has 0 radical (unpaired) electrons. The summed E-state index contributed by atoms with van der Waals surface area (Å²) in [7, 11) is -4.23. The molecule has 3 aromatic rings. The fraction of sp³-hybridized carbons (Fsp3) is 0.286. The van der Waals surface area contributed by atoms with Gasteiger partial charge in [-0.1, -0.05) is 82.5 Å². The predicted octanol–water partition coefficient (Wildman–Crippen LogP) is 6.28. The van der Waals surface area contributed by atoms with Gasteiger partial charge in [0.2, 0.25) is 11.8 Å². The average molecular weight is 655 g/mol. The van der Waals surface area contributed by atoms with Crippen LogP contribution >= 0.6 is 39.1 Å². The zero-order chi connectivity index (χ0) is 28.7. The van der Waals surface area contributed by atoms with E-state index in [0.29, 0.717) is 0 Å². The third kappa shape index (κ3) is 7.75. The van der Waals surface area contributed by atoms with Crippen molar-refractivity contribution in [2.24, 2.45) is 0 Å². The van der Waals surface area contributed by atoms with E-state index in [4.69, 9.17) is 23.2 Å². The second kappa shape index (κ2) is 13.7. The minimum absolute atomic E-state index is 0.00602. The standard InChI is InChI=1S/C28H30BrCl2N3O4S/c1-4-19(2)32-28(36)20(3)33(17-21-13-15-22(29)16-14-21)26(35)18-34(25-12-8-11-24(30)27(25)31)39(37,38)23-9-6-5-7-10-23/h5-16,19-20H,4,17-18H2,1-3H3,(H,32,36)/t19-,20-/m1/s1. The van der Waals surface area contributed by atoms with Crippen LogP contribution < -0.4 is 9.62 Å². The Kier molecular flexibility index (Phi) is 10.8. The molecular weight excluding hydrogens is 625 g/mol. The van der Waals surface area contributed by atoms with Crippen molar-refractivity contribution in [2.75, 3.05) is 10.8 Å². The Hall–Kier alpha value is -2.59. The van der Waals surface area contributed by atoms with Crippen LogP contribution in [0.5, 0.6) is 0 Å². The predicted molar refractivity (Wildman–Crippen MR) is 159 cm³/mol. The molecule has 3 aromatic carbocycles. The zero-order valence-electron chi connectivity index (χ0n) is 21.8. The highest BCUT2D eigenvalue weighted by molar-refractivity contribution is 9.10. The SMILES string of the molecule is CC[C@@H](C)NC(=O)[C@@H](C)N(Cc1ccc(Br)cc1)C(=O)CN(c1cccc(Cl)c1Cl)S(=O)(=O)c1ccccc1. The number of benzene rings is 3. The van der Waals surface area contributed by atoms with E-state index in [2.05, 4.69) is 21.2 Å². The van der Waals surface area contributed by atoms with Gasteiger partial charge in [0, 0.05) is 17.1 Å². The van der Waals surface area contributed by atoms with E-state index in [1.165, 1.54) is 29.2 Å². The molecule has 2 amide bonds. The van der Waals surface area contributed by atoms with Crippen molar-refractivity contribution in [3.8, 4) is 0 Å². The number of halogens is 3. The molecule has 0 heterocycles. The van der Waals surface area contributed by atoms with E-state index in [1.807, 2.05) is 38.1 Å². The largest absolute Gasteiger partial charge is 0.352 e. The molecule has 1 N–H and O–H groups in total. The summed E-state index contributed by atoms with van der Waals surface area (Å²) in [6.07, 6.45) is 0.718. The number of nitrogens with zero attached hydrogens (tertiary/aromatic N) is 2. The number of rotatable bonds is 11. The maximum Gasteiger partial charge on any atom is 0.264 e. The third-order valence-corrected chi connectivity index (χ3v) is 9.36. The molecule has 0 aromatic heterocycles. The van der Waals surface area contributed by atoms with Crippen LogP contribution in [0.3, 0.4) is 0 Å². The minimum atomic E-state index is -4.23. The molecule has 208 valence electrons. The van der Waals surface area contributed by atoms with Gasteiger partial charge in [-0.3, -0.25) is 13.9 Å². The number of hydrogen-bond donors (Lipinski definition) is 1. The number of carbonyl (C=O) groups excluding carboxylic acids is 2. The van der Waals surface area contributed by atoms with Crippen LogP contribution in [0.15, 0.2) is 82.2 Å². The lowest BCUT2D eigenvalue weighted by atomic mass is 10.1. The van der Waals surface area contributed by atoms with Crippen molar-refractivity contribution in [3.05, 3.63) is 92.9 Å². The third-order valence-electron chi connectivity index (χ3n) is 6.24. The van der Waals surface area contributed by atoms with Crippen molar-refractivity contribution in [1.82, 2.24) is 10.2 Å². The van der Waals surface area contributed by atoms with Crippen molar-refractivity contribution in [2.45, 2.75) is 50.7 Å². The van der Waals surface area contributed by atoms with Crippen LogP contribution in [0.4, 0.5) is 5.69 Å². The summed E-state index contributed by atoms with van der Waals surface area (Å²) >= 11 is 16.1. The summed E-state index contributed by atoms with van der Waals surface area (Å²) < 4.78 is 29.4. The Morgan fingerprint density at radius 2 is 1.59 bits per heavy atom. The van der Waals surface area contributed by atoms with Gasteiger partial charge >= 0.3 is 0 Å². The second-order valence-corrected chi connectivity index (χ2v) is 12.6. The van der Waals surface area contributed by atoms with Gasteiger partial charge in [-0.05, 0) is 62.2 Å². The number of anilines is 1. The van der Waals surface area contributed by atoms with Crippen LogP contribution in [0.2, 0.25) is 10.0 Å². The summed E-state index contributed by atoms with van der Waals surface area (Å²) in [5.74, 6) is -0.923. The maximum atomic E-state index is 13.9. The summed E-state index contributed by atoms with van der Waals surface area (Å²) in [4.78, 5) is 28.4. The molecule has 0 aliphatic heterocycles. The fourth-order valence-electron chi connectivity index (χ4n) is 3.75. The molecule has 0 bridgehead atoms. The van der Waals surface area contributed by atoms with Crippen molar-refractivity contribution in [3.63, 3.8) is 0 Å². The first kappa shape index (κ1) is 30.9. The smallest absolute Gasteiger partial charge is 0.264 e. The monoisotopic (exact) mass is 653 g/mol. The molecule has 7 nitrogen and oxygen atoms in total. The molecule has 0 unspecified atom stereocenters. The Balaban J connectivity index is 2.05. The quantitative estimate of drug-likeness (QED) is 0.264.